The third-order valence-corrected chi connectivity index (χ3v) is 8.88. The van der Waals surface area contributed by atoms with Crippen molar-refractivity contribution in [3.63, 3.8) is 0 Å². The van der Waals surface area contributed by atoms with Crippen LogP contribution in [0.4, 0.5) is 10.1 Å². The van der Waals surface area contributed by atoms with Crippen LogP contribution in [0.1, 0.15) is 37.8 Å². The molecule has 2 aromatic carbocycles. The van der Waals surface area contributed by atoms with Gasteiger partial charge in [-0.05, 0) is 55.2 Å². The van der Waals surface area contributed by atoms with E-state index in [1.165, 1.54) is 12.1 Å². The Morgan fingerprint density at radius 2 is 2.00 bits per heavy atom. The molecule has 7 rings (SSSR count). The van der Waals surface area contributed by atoms with E-state index in [0.29, 0.717) is 46.6 Å². The molecule has 10 heteroatoms. The number of carbonyl (C=O) groups excluding carboxylic acids is 1. The van der Waals surface area contributed by atoms with E-state index in [1.807, 2.05) is 50.2 Å². The predicted molar refractivity (Wildman–Crippen MR) is 169 cm³/mol. The Bertz CT molecular complexity index is 2050. The van der Waals surface area contributed by atoms with Crippen molar-refractivity contribution in [1.82, 2.24) is 24.4 Å². The SMILES string of the molecule is C=CC(=O)N1CC2COc3c(c4cc(F)c(-c5c(C)ccc6[nH]cnc56)nc4n(-c4ccccc4C(C)C)c3=O)N2CC1C. The molecule has 2 aliphatic heterocycles. The maximum Gasteiger partial charge on any atom is 0.301 e. The number of para-hydroxylation sites is 1. The van der Waals surface area contributed by atoms with E-state index < -0.39 is 5.82 Å². The van der Waals surface area contributed by atoms with Gasteiger partial charge in [0.1, 0.15) is 18.1 Å². The van der Waals surface area contributed by atoms with Crippen molar-refractivity contribution in [2.45, 2.75) is 45.7 Å². The molecule has 44 heavy (non-hydrogen) atoms. The molecule has 0 aliphatic carbocycles. The summed E-state index contributed by atoms with van der Waals surface area (Å²) in [6.07, 6.45) is 2.89. The third-order valence-electron chi connectivity index (χ3n) is 8.88. The number of hydrogen-bond donors (Lipinski definition) is 1. The number of ether oxygens (including phenoxy) is 1. The topological polar surface area (TPSA) is 96.3 Å². The van der Waals surface area contributed by atoms with Crippen LogP contribution in [-0.4, -0.2) is 62.1 Å². The zero-order chi connectivity index (χ0) is 30.9. The highest BCUT2D eigenvalue weighted by molar-refractivity contribution is 5.99. The number of nitrogens with one attached hydrogen (secondary N) is 1. The fourth-order valence-electron chi connectivity index (χ4n) is 6.70. The number of amides is 1. The fraction of sp³-hybridized carbons (Fsp3) is 0.294. The minimum atomic E-state index is -0.531. The standard InChI is InChI=1S/C34H33FN6O3/c1-6-27(42)39-15-21-16-44-32-31(40(21)14-20(39)5)23-13-24(35)29(28-19(4)11-12-25-30(28)37-17-36-25)38-33(23)41(34(32)43)26-10-8-7-9-22(26)18(2)3/h6-13,17-18,20-21H,1,14-16H2,2-5H3,(H,36,37). The van der Waals surface area contributed by atoms with Crippen LogP contribution in [0.2, 0.25) is 0 Å². The summed E-state index contributed by atoms with van der Waals surface area (Å²) in [5, 5.41) is 0.465. The summed E-state index contributed by atoms with van der Waals surface area (Å²) in [6, 6.07) is 12.6. The van der Waals surface area contributed by atoms with Crippen LogP contribution in [-0.2, 0) is 4.79 Å². The maximum absolute atomic E-state index is 16.4. The molecule has 5 aromatic rings. The molecule has 2 atom stereocenters. The number of halogens is 1. The normalized spacial score (nSPS) is 18.0. The minimum absolute atomic E-state index is 0.103. The van der Waals surface area contributed by atoms with Gasteiger partial charge in [-0.2, -0.15) is 0 Å². The van der Waals surface area contributed by atoms with Crippen LogP contribution in [0.3, 0.4) is 0 Å². The van der Waals surface area contributed by atoms with Crippen molar-refractivity contribution in [3.8, 4) is 22.7 Å². The lowest BCUT2D eigenvalue weighted by atomic mass is 9.99. The number of nitrogens with zero attached hydrogens (tertiary/aromatic N) is 5. The lowest BCUT2D eigenvalue weighted by molar-refractivity contribution is -0.129. The van der Waals surface area contributed by atoms with E-state index in [4.69, 9.17) is 9.72 Å². The van der Waals surface area contributed by atoms with E-state index in [2.05, 4.69) is 35.3 Å². The van der Waals surface area contributed by atoms with Gasteiger partial charge >= 0.3 is 5.56 Å². The highest BCUT2D eigenvalue weighted by Gasteiger charge is 2.40. The van der Waals surface area contributed by atoms with E-state index in [9.17, 15) is 9.59 Å². The highest BCUT2D eigenvalue weighted by Crippen LogP contribution is 2.42. The Morgan fingerprint density at radius 1 is 1.20 bits per heavy atom. The molecule has 9 nitrogen and oxygen atoms in total. The molecule has 0 saturated carbocycles. The summed E-state index contributed by atoms with van der Waals surface area (Å²) in [6.45, 7) is 12.7. The third kappa shape index (κ3) is 4.11. The molecule has 224 valence electrons. The number of benzene rings is 2. The van der Waals surface area contributed by atoms with Crippen molar-refractivity contribution < 1.29 is 13.9 Å². The molecule has 5 heterocycles. The van der Waals surface area contributed by atoms with Crippen LogP contribution in [0.25, 0.3) is 39.0 Å². The minimum Gasteiger partial charge on any atom is -0.484 e. The van der Waals surface area contributed by atoms with Gasteiger partial charge in [-0.15, -0.1) is 0 Å². The van der Waals surface area contributed by atoms with Gasteiger partial charge in [-0.3, -0.25) is 14.2 Å². The molecule has 1 amide bonds. The molecule has 0 spiro atoms. The number of aromatic amines is 1. The molecular formula is C34H33FN6O3. The van der Waals surface area contributed by atoms with E-state index >= 15 is 4.39 Å². The van der Waals surface area contributed by atoms with Crippen LogP contribution >= 0.6 is 0 Å². The van der Waals surface area contributed by atoms with E-state index in [-0.39, 0.29) is 47.5 Å². The Kier molecular flexibility index (Phi) is 6.53. The van der Waals surface area contributed by atoms with E-state index in [1.54, 1.807) is 15.8 Å². The Hall–Kier alpha value is -4.99. The van der Waals surface area contributed by atoms with Crippen molar-refractivity contribution >= 4 is 33.7 Å². The molecule has 0 bridgehead atoms. The van der Waals surface area contributed by atoms with E-state index in [0.717, 1.165) is 16.6 Å². The average Bonchev–Trinajstić information content (AvgIpc) is 3.49. The second-order valence-electron chi connectivity index (χ2n) is 11.9. The van der Waals surface area contributed by atoms with Gasteiger partial charge in [-0.25, -0.2) is 14.4 Å². The number of imidazole rings is 1. The first kappa shape index (κ1) is 27.8. The van der Waals surface area contributed by atoms with Gasteiger partial charge in [0.25, 0.3) is 0 Å². The Morgan fingerprint density at radius 3 is 2.77 bits per heavy atom. The summed E-state index contributed by atoms with van der Waals surface area (Å²) in [7, 11) is 0. The van der Waals surface area contributed by atoms with Crippen LogP contribution in [0.15, 0.2) is 66.2 Å². The molecule has 2 aliphatic rings. The Labute approximate surface area is 253 Å². The van der Waals surface area contributed by atoms with Gasteiger partial charge < -0.3 is 19.5 Å². The quantitative estimate of drug-likeness (QED) is 0.278. The molecule has 1 N–H and O–H groups in total. The summed E-state index contributed by atoms with van der Waals surface area (Å²) in [4.78, 5) is 43.5. The van der Waals surface area contributed by atoms with Gasteiger partial charge in [0.05, 0.1) is 34.8 Å². The predicted octanol–water partition coefficient (Wildman–Crippen LogP) is 5.48. The van der Waals surface area contributed by atoms with Crippen LogP contribution in [0.5, 0.6) is 5.75 Å². The number of anilines is 1. The summed E-state index contributed by atoms with van der Waals surface area (Å²) < 4.78 is 24.2. The Balaban J connectivity index is 1.55. The number of piperazine rings is 1. The van der Waals surface area contributed by atoms with Crippen molar-refractivity contribution in [2.75, 3.05) is 24.6 Å². The zero-order valence-electron chi connectivity index (χ0n) is 25.1. The lowest BCUT2D eigenvalue weighted by Crippen LogP contribution is -2.62. The molecular weight excluding hydrogens is 559 g/mol. The number of aromatic nitrogens is 4. The first-order chi connectivity index (χ1) is 21.2. The number of rotatable bonds is 4. The number of pyridine rings is 2. The maximum atomic E-state index is 16.4. The molecule has 3 aromatic heterocycles. The van der Waals surface area contributed by atoms with Crippen molar-refractivity contribution in [2.24, 2.45) is 0 Å². The second-order valence-corrected chi connectivity index (χ2v) is 11.9. The first-order valence-corrected chi connectivity index (χ1v) is 14.8. The van der Waals surface area contributed by atoms with Crippen molar-refractivity contribution in [3.05, 3.63) is 88.7 Å². The smallest absolute Gasteiger partial charge is 0.301 e. The second kappa shape index (κ2) is 10.3. The summed E-state index contributed by atoms with van der Waals surface area (Å²) in [5.74, 6) is -0.432. The average molecular weight is 593 g/mol. The number of H-pyrrole nitrogens is 1. The lowest BCUT2D eigenvalue weighted by Gasteiger charge is -2.48. The van der Waals surface area contributed by atoms with Gasteiger partial charge in [0.15, 0.2) is 5.65 Å². The van der Waals surface area contributed by atoms with Gasteiger partial charge in [0, 0.05) is 30.1 Å². The number of aryl methyl sites for hydroxylation is 1. The fourth-order valence-corrected chi connectivity index (χ4v) is 6.70. The molecule has 1 fully saturated rings. The summed E-state index contributed by atoms with van der Waals surface area (Å²) in [5.41, 5.74) is 4.94. The highest BCUT2D eigenvalue weighted by atomic mass is 19.1. The van der Waals surface area contributed by atoms with Crippen molar-refractivity contribution in [1.29, 1.82) is 0 Å². The number of fused-ring (bicyclic) bond motifs is 6. The van der Waals surface area contributed by atoms with Crippen LogP contribution < -0.4 is 15.2 Å². The first-order valence-electron chi connectivity index (χ1n) is 14.8. The largest absolute Gasteiger partial charge is 0.484 e. The molecule has 2 unspecified atom stereocenters. The monoisotopic (exact) mass is 592 g/mol. The molecule has 0 radical (unpaired) electrons. The number of carbonyl (C=O) groups is 1. The van der Waals surface area contributed by atoms with Gasteiger partial charge in [-0.1, -0.05) is 44.7 Å². The van der Waals surface area contributed by atoms with Gasteiger partial charge in [0.2, 0.25) is 11.7 Å². The molecule has 1 saturated heterocycles. The number of hydrogen-bond acceptors (Lipinski definition) is 6. The zero-order valence-corrected chi connectivity index (χ0v) is 25.1. The summed E-state index contributed by atoms with van der Waals surface area (Å²) >= 11 is 0. The van der Waals surface area contributed by atoms with Crippen LogP contribution in [0, 0.1) is 12.7 Å².